The van der Waals surface area contributed by atoms with Crippen LogP contribution in [0.1, 0.15) is 117 Å². The molecule has 0 radical (unpaired) electrons. The van der Waals surface area contributed by atoms with Crippen molar-refractivity contribution in [2.45, 2.75) is 103 Å². The fourth-order valence-corrected chi connectivity index (χ4v) is 12.7. The number of unbranched alkanes of at least 4 members (excludes halogenated alkanes) is 5. The molecule has 0 unspecified atom stereocenters. The number of esters is 1. The summed E-state index contributed by atoms with van der Waals surface area (Å²) in [5.74, 6) is -1.03. The molecule has 354 valence electrons. The molecule has 0 N–H and O–H groups in total. The number of halogens is 2. The molecule has 1 saturated carbocycles. The lowest BCUT2D eigenvalue weighted by Gasteiger charge is -2.29. The minimum absolute atomic E-state index is 0.0712. The summed E-state index contributed by atoms with van der Waals surface area (Å²) in [6, 6.07) is 28.1. The van der Waals surface area contributed by atoms with E-state index in [9.17, 15) is 9.18 Å². The summed E-state index contributed by atoms with van der Waals surface area (Å²) in [5, 5.41) is 0. The Labute approximate surface area is 406 Å². The summed E-state index contributed by atoms with van der Waals surface area (Å²) in [7, 11) is 0. The van der Waals surface area contributed by atoms with E-state index in [0.717, 1.165) is 15.7 Å². The Kier molecular flexibility index (Phi) is 20.3. The normalized spacial score (nSPS) is 15.1. The molecule has 6 aromatic rings. The molecule has 0 spiro atoms. The number of hydrogen-bond acceptors (Lipinski definition) is 10. The van der Waals surface area contributed by atoms with E-state index >= 15 is 4.39 Å². The first-order valence-electron chi connectivity index (χ1n) is 23.9. The molecule has 7 rings (SSSR count). The van der Waals surface area contributed by atoms with Crippen LogP contribution in [0.15, 0.2) is 84.9 Å². The Bertz CT molecular complexity index is 2350. The van der Waals surface area contributed by atoms with Gasteiger partial charge >= 0.3 is 5.97 Å². The van der Waals surface area contributed by atoms with Crippen LogP contribution in [-0.4, -0.2) is 58.8 Å². The first kappa shape index (κ1) is 50.1. The van der Waals surface area contributed by atoms with Crippen molar-refractivity contribution in [3.05, 3.63) is 112 Å². The zero-order chi connectivity index (χ0) is 45.9. The van der Waals surface area contributed by atoms with E-state index in [1.54, 1.807) is 17.4 Å². The van der Waals surface area contributed by atoms with Crippen LogP contribution in [0.3, 0.4) is 0 Å². The van der Waals surface area contributed by atoms with Crippen molar-refractivity contribution >= 4 is 51.3 Å². The summed E-state index contributed by atoms with van der Waals surface area (Å²) in [6.07, 6.45) is 16.5. The quantitative estimate of drug-likeness (QED) is 0.0361. The van der Waals surface area contributed by atoms with Crippen LogP contribution in [-0.2, 0) is 25.4 Å². The lowest BCUT2D eigenvalue weighted by atomic mass is 9.77. The van der Waals surface area contributed by atoms with E-state index in [1.807, 2.05) is 46.9 Å². The highest BCUT2D eigenvalue weighted by Crippen LogP contribution is 2.44. The zero-order valence-corrected chi connectivity index (χ0v) is 41.7. The topological polar surface area (TPSA) is 63.2 Å². The molecule has 4 aromatic heterocycles. The first-order chi connectivity index (χ1) is 32.4. The third-order valence-electron chi connectivity index (χ3n) is 12.2. The summed E-state index contributed by atoms with van der Waals surface area (Å²) < 4.78 is 57.8. The largest absolute Gasteiger partial charge is 0.488 e. The summed E-state index contributed by atoms with van der Waals surface area (Å²) in [6.45, 7) is 6.52. The van der Waals surface area contributed by atoms with Gasteiger partial charge in [-0.3, -0.25) is 0 Å². The van der Waals surface area contributed by atoms with Crippen LogP contribution in [0.25, 0.3) is 40.4 Å². The predicted molar refractivity (Wildman–Crippen MR) is 271 cm³/mol. The van der Waals surface area contributed by atoms with Gasteiger partial charge in [-0.05, 0) is 122 Å². The van der Waals surface area contributed by atoms with Crippen molar-refractivity contribution in [3.63, 3.8) is 0 Å². The minimum Gasteiger partial charge on any atom is -0.488 e. The van der Waals surface area contributed by atoms with Gasteiger partial charge < -0.3 is 23.7 Å². The number of hydrogen-bond donors (Lipinski definition) is 0. The number of ether oxygens (including phenoxy) is 5. The standard InChI is InChI=1S/C54H64F2O6S4/c1-3-5-7-9-11-42-20-23-45(63-42)46-24-25-47(64-46)48-26-27-49(65-48)50-28-29-51(66-50)54(57)62-37-35-60-33-31-58-30-32-59-34-36-61-44-22-21-43(52(55)53(44)56)41-18-16-40(17-19-41)39-14-12-38(13-15-39)10-8-6-4-2/h16-29,38-39H,3-15,30-37H2,1-2H3. The summed E-state index contributed by atoms with van der Waals surface area (Å²) in [4.78, 5) is 22.0. The van der Waals surface area contributed by atoms with Gasteiger partial charge in [-0.25, -0.2) is 9.18 Å². The van der Waals surface area contributed by atoms with Crippen LogP contribution in [0, 0.1) is 17.6 Å². The molecule has 1 fully saturated rings. The van der Waals surface area contributed by atoms with Gasteiger partial charge in [0.15, 0.2) is 11.6 Å². The highest BCUT2D eigenvalue weighted by molar-refractivity contribution is 7.28. The number of carbonyl (C=O) groups excluding carboxylic acids is 1. The highest BCUT2D eigenvalue weighted by Gasteiger charge is 2.23. The molecule has 4 heterocycles. The van der Waals surface area contributed by atoms with Gasteiger partial charge in [0, 0.05) is 39.7 Å². The van der Waals surface area contributed by atoms with E-state index in [-0.39, 0.29) is 43.7 Å². The molecule has 0 aliphatic heterocycles. The molecule has 66 heavy (non-hydrogen) atoms. The van der Waals surface area contributed by atoms with Crippen molar-refractivity contribution in [1.29, 1.82) is 0 Å². The average Bonchev–Trinajstić information content (AvgIpc) is 4.19. The summed E-state index contributed by atoms with van der Waals surface area (Å²) in [5.41, 5.74) is 2.16. The monoisotopic (exact) mass is 974 g/mol. The molecule has 0 atom stereocenters. The van der Waals surface area contributed by atoms with Gasteiger partial charge in [0.2, 0.25) is 5.82 Å². The average molecular weight is 975 g/mol. The lowest BCUT2D eigenvalue weighted by Crippen LogP contribution is -2.15. The smallest absolute Gasteiger partial charge is 0.348 e. The Morgan fingerprint density at radius 3 is 1.76 bits per heavy atom. The molecule has 1 aliphatic rings. The van der Waals surface area contributed by atoms with Gasteiger partial charge in [-0.1, -0.05) is 83.1 Å². The molecule has 12 heteroatoms. The third kappa shape index (κ3) is 14.6. The Hall–Kier alpha value is -3.75. The van der Waals surface area contributed by atoms with Gasteiger partial charge in [0.1, 0.15) is 18.1 Å². The number of thiophene rings is 4. The van der Waals surface area contributed by atoms with Crippen LogP contribution < -0.4 is 4.74 Å². The SMILES string of the molecule is CCCCCCc1ccc(-c2ccc(-c3ccc(-c4ccc(C(=O)OCCOCCOCCOCCOc5ccc(-c6ccc(C7CCC(CCCCC)CC7)cc6)c(F)c5F)s4)s3)s2)s1. The fourth-order valence-electron chi connectivity index (χ4n) is 8.44. The molecule has 6 nitrogen and oxygen atoms in total. The number of benzene rings is 2. The number of carbonyl (C=O) groups is 1. The van der Waals surface area contributed by atoms with E-state index < -0.39 is 11.6 Å². The van der Waals surface area contributed by atoms with Gasteiger partial charge in [0.25, 0.3) is 0 Å². The Balaban J connectivity index is 0.715. The van der Waals surface area contributed by atoms with Crippen LogP contribution in [0.5, 0.6) is 5.75 Å². The van der Waals surface area contributed by atoms with Crippen molar-refractivity contribution in [3.8, 4) is 46.1 Å². The van der Waals surface area contributed by atoms with E-state index in [2.05, 4.69) is 62.4 Å². The lowest BCUT2D eigenvalue weighted by molar-refractivity contribution is -0.00223. The summed E-state index contributed by atoms with van der Waals surface area (Å²) >= 11 is 6.92. The van der Waals surface area contributed by atoms with Crippen molar-refractivity contribution in [2.24, 2.45) is 5.92 Å². The van der Waals surface area contributed by atoms with Crippen LogP contribution >= 0.6 is 45.3 Å². The molecular formula is C54H64F2O6S4. The first-order valence-corrected chi connectivity index (χ1v) is 27.2. The molecule has 0 saturated heterocycles. The maximum absolute atomic E-state index is 15.2. The van der Waals surface area contributed by atoms with Gasteiger partial charge in [-0.2, -0.15) is 4.39 Å². The molecule has 0 amide bonds. The van der Waals surface area contributed by atoms with Gasteiger partial charge in [-0.15, -0.1) is 45.3 Å². The maximum atomic E-state index is 15.2. The predicted octanol–water partition coefficient (Wildman–Crippen LogP) is 16.1. The van der Waals surface area contributed by atoms with Crippen LogP contribution in [0.4, 0.5) is 8.78 Å². The number of aryl methyl sites for hydroxylation is 1. The number of rotatable bonds is 28. The van der Waals surface area contributed by atoms with Crippen molar-refractivity contribution < 1.29 is 37.3 Å². The van der Waals surface area contributed by atoms with Crippen molar-refractivity contribution in [2.75, 3.05) is 52.9 Å². The zero-order valence-electron chi connectivity index (χ0n) is 38.4. The van der Waals surface area contributed by atoms with Crippen molar-refractivity contribution in [1.82, 2.24) is 0 Å². The fraction of sp³-hybridized carbons (Fsp3) is 0.463. The Morgan fingerprint density at radius 1 is 0.545 bits per heavy atom. The molecular weight excluding hydrogens is 911 g/mol. The molecule has 0 bridgehead atoms. The van der Waals surface area contributed by atoms with E-state index in [4.69, 9.17) is 23.7 Å². The maximum Gasteiger partial charge on any atom is 0.348 e. The Morgan fingerprint density at radius 2 is 1.11 bits per heavy atom. The molecule has 2 aromatic carbocycles. The second kappa shape index (κ2) is 26.7. The van der Waals surface area contributed by atoms with E-state index in [0.29, 0.717) is 42.8 Å². The second-order valence-corrected chi connectivity index (χ2v) is 21.4. The highest BCUT2D eigenvalue weighted by atomic mass is 32.1. The third-order valence-corrected chi connectivity index (χ3v) is 17.1. The second-order valence-electron chi connectivity index (χ2n) is 17.0. The van der Waals surface area contributed by atoms with Gasteiger partial charge in [0.05, 0.1) is 39.6 Å². The minimum atomic E-state index is -1.00. The van der Waals surface area contributed by atoms with Crippen LogP contribution in [0.2, 0.25) is 0 Å². The van der Waals surface area contributed by atoms with E-state index in [1.165, 1.54) is 131 Å². The molecule has 1 aliphatic carbocycles.